The van der Waals surface area contributed by atoms with Gasteiger partial charge in [0, 0.05) is 13.7 Å². The summed E-state index contributed by atoms with van der Waals surface area (Å²) in [5.41, 5.74) is 1.21. The van der Waals surface area contributed by atoms with Crippen LogP contribution in [-0.4, -0.2) is 26.8 Å². The second-order valence-electron chi connectivity index (χ2n) is 5.88. The highest BCUT2D eigenvalue weighted by molar-refractivity contribution is 5.16. The Kier molecular flexibility index (Phi) is 8.47. The van der Waals surface area contributed by atoms with E-state index in [1.165, 1.54) is 5.56 Å². The number of methoxy groups -OCH3 is 1. The molecule has 20 heavy (non-hydrogen) atoms. The molecule has 1 unspecified atom stereocenters. The Morgan fingerprint density at radius 2 is 1.85 bits per heavy atom. The molecule has 1 atom stereocenters. The molecule has 3 heteroatoms. The molecule has 0 aliphatic carbocycles. The topological polar surface area (TPSA) is 21.3 Å². The molecule has 0 amide bonds. The maximum Gasteiger partial charge on any atom is 0.123 e. The van der Waals surface area contributed by atoms with E-state index in [0.29, 0.717) is 11.8 Å². The predicted octanol–water partition coefficient (Wildman–Crippen LogP) is 3.66. The third-order valence-electron chi connectivity index (χ3n) is 3.38. The summed E-state index contributed by atoms with van der Waals surface area (Å²) in [5, 5.41) is 3.53. The number of nitrogens with one attached hydrogen (secondary N) is 1. The molecule has 0 spiro atoms. The van der Waals surface area contributed by atoms with Gasteiger partial charge in [0.15, 0.2) is 0 Å². The van der Waals surface area contributed by atoms with E-state index in [9.17, 15) is 4.39 Å². The van der Waals surface area contributed by atoms with Crippen molar-refractivity contribution in [1.29, 1.82) is 0 Å². The molecular formula is C17H28FNO. The average Bonchev–Trinajstić information content (AvgIpc) is 2.41. The second-order valence-corrected chi connectivity index (χ2v) is 5.88. The molecule has 0 bridgehead atoms. The van der Waals surface area contributed by atoms with E-state index < -0.39 is 0 Å². The van der Waals surface area contributed by atoms with Crippen molar-refractivity contribution in [3.05, 3.63) is 35.6 Å². The third kappa shape index (κ3) is 7.61. The van der Waals surface area contributed by atoms with Gasteiger partial charge in [-0.15, -0.1) is 0 Å². The van der Waals surface area contributed by atoms with Crippen molar-refractivity contribution in [2.45, 2.75) is 33.1 Å². The van der Waals surface area contributed by atoms with Crippen LogP contribution in [0, 0.1) is 17.7 Å². The lowest BCUT2D eigenvalue weighted by Crippen LogP contribution is -2.27. The van der Waals surface area contributed by atoms with E-state index in [1.807, 2.05) is 12.1 Å². The summed E-state index contributed by atoms with van der Waals surface area (Å²) in [7, 11) is 1.74. The molecule has 0 aliphatic rings. The molecule has 0 aromatic heterocycles. The first-order valence-electron chi connectivity index (χ1n) is 7.56. The fourth-order valence-electron chi connectivity index (χ4n) is 2.32. The normalized spacial score (nSPS) is 12.8. The summed E-state index contributed by atoms with van der Waals surface area (Å²) in [4.78, 5) is 0. The van der Waals surface area contributed by atoms with Crippen molar-refractivity contribution in [2.75, 3.05) is 26.8 Å². The van der Waals surface area contributed by atoms with Gasteiger partial charge in [0.1, 0.15) is 5.82 Å². The number of ether oxygens (including phenoxy) is 1. The monoisotopic (exact) mass is 281 g/mol. The number of hydrogen-bond acceptors (Lipinski definition) is 2. The Bertz CT molecular complexity index is 351. The molecule has 0 saturated carbocycles. The largest absolute Gasteiger partial charge is 0.385 e. The van der Waals surface area contributed by atoms with Crippen LogP contribution in [0.3, 0.4) is 0 Å². The average molecular weight is 281 g/mol. The van der Waals surface area contributed by atoms with E-state index in [0.717, 1.165) is 39.0 Å². The molecule has 114 valence electrons. The Morgan fingerprint density at radius 1 is 1.15 bits per heavy atom. The first kappa shape index (κ1) is 17.1. The van der Waals surface area contributed by atoms with Crippen LogP contribution in [0.4, 0.5) is 4.39 Å². The number of rotatable bonds is 10. The number of hydrogen-bond donors (Lipinski definition) is 1. The molecule has 1 rings (SSSR count). The fourth-order valence-corrected chi connectivity index (χ4v) is 2.32. The van der Waals surface area contributed by atoms with E-state index in [-0.39, 0.29) is 5.82 Å². The van der Waals surface area contributed by atoms with Gasteiger partial charge in [0.2, 0.25) is 0 Å². The summed E-state index contributed by atoms with van der Waals surface area (Å²) >= 11 is 0. The molecular weight excluding hydrogens is 253 g/mol. The minimum atomic E-state index is -0.164. The minimum absolute atomic E-state index is 0.164. The summed E-state index contributed by atoms with van der Waals surface area (Å²) in [6.45, 7) is 7.30. The van der Waals surface area contributed by atoms with Crippen molar-refractivity contribution >= 4 is 0 Å². The Morgan fingerprint density at radius 3 is 2.45 bits per heavy atom. The van der Waals surface area contributed by atoms with Gasteiger partial charge in [0.25, 0.3) is 0 Å². The molecule has 2 nitrogen and oxygen atoms in total. The number of benzene rings is 1. The summed E-state index contributed by atoms with van der Waals surface area (Å²) < 4.78 is 18.1. The van der Waals surface area contributed by atoms with Crippen LogP contribution >= 0.6 is 0 Å². The van der Waals surface area contributed by atoms with E-state index in [4.69, 9.17) is 4.74 Å². The Balaban J connectivity index is 2.45. The summed E-state index contributed by atoms with van der Waals surface area (Å²) in [6.07, 6.45) is 3.21. The van der Waals surface area contributed by atoms with Crippen LogP contribution in [0.1, 0.15) is 32.3 Å². The van der Waals surface area contributed by atoms with Crippen LogP contribution in [0.15, 0.2) is 24.3 Å². The quantitative estimate of drug-likeness (QED) is 0.661. The van der Waals surface area contributed by atoms with Gasteiger partial charge >= 0.3 is 0 Å². The Hall–Kier alpha value is -0.930. The molecule has 1 aromatic rings. The summed E-state index contributed by atoms with van der Waals surface area (Å²) in [5.74, 6) is 1.08. The van der Waals surface area contributed by atoms with Gasteiger partial charge in [-0.1, -0.05) is 26.0 Å². The standard InChI is InChI=1S/C17H28FNO/c1-14(2)12-19-13-16(5-4-10-20-3)11-15-6-8-17(18)9-7-15/h6-9,14,16,19H,4-5,10-13H2,1-3H3. The van der Waals surface area contributed by atoms with Crippen LogP contribution < -0.4 is 5.32 Å². The van der Waals surface area contributed by atoms with Gasteiger partial charge in [-0.2, -0.15) is 0 Å². The van der Waals surface area contributed by atoms with E-state index in [1.54, 1.807) is 19.2 Å². The maximum absolute atomic E-state index is 12.9. The van der Waals surface area contributed by atoms with Crippen LogP contribution in [0.2, 0.25) is 0 Å². The fraction of sp³-hybridized carbons (Fsp3) is 0.647. The molecule has 0 saturated heterocycles. The maximum atomic E-state index is 12.9. The zero-order valence-corrected chi connectivity index (χ0v) is 13.0. The second kappa shape index (κ2) is 9.89. The molecule has 1 aromatic carbocycles. The summed E-state index contributed by atoms with van der Waals surface area (Å²) in [6, 6.07) is 6.87. The third-order valence-corrected chi connectivity index (χ3v) is 3.38. The first-order chi connectivity index (χ1) is 9.61. The molecule has 0 radical (unpaired) electrons. The van der Waals surface area contributed by atoms with Gasteiger partial charge in [-0.25, -0.2) is 4.39 Å². The zero-order chi connectivity index (χ0) is 14.8. The molecule has 0 aliphatic heterocycles. The van der Waals surface area contributed by atoms with Crippen molar-refractivity contribution < 1.29 is 9.13 Å². The molecule has 0 fully saturated rings. The van der Waals surface area contributed by atoms with Crippen molar-refractivity contribution in [1.82, 2.24) is 5.32 Å². The smallest absolute Gasteiger partial charge is 0.123 e. The van der Waals surface area contributed by atoms with Crippen molar-refractivity contribution in [3.63, 3.8) is 0 Å². The lowest BCUT2D eigenvalue weighted by molar-refractivity contribution is 0.186. The predicted molar refractivity (Wildman–Crippen MR) is 82.4 cm³/mol. The highest BCUT2D eigenvalue weighted by Crippen LogP contribution is 2.14. The highest BCUT2D eigenvalue weighted by atomic mass is 19.1. The first-order valence-corrected chi connectivity index (χ1v) is 7.56. The highest BCUT2D eigenvalue weighted by Gasteiger charge is 2.10. The zero-order valence-electron chi connectivity index (χ0n) is 13.0. The van der Waals surface area contributed by atoms with Gasteiger partial charge in [-0.05, 0) is 61.9 Å². The number of halogens is 1. The van der Waals surface area contributed by atoms with Crippen LogP contribution in [0.5, 0.6) is 0 Å². The van der Waals surface area contributed by atoms with E-state index in [2.05, 4.69) is 19.2 Å². The van der Waals surface area contributed by atoms with Crippen molar-refractivity contribution in [3.8, 4) is 0 Å². The van der Waals surface area contributed by atoms with Crippen LogP contribution in [0.25, 0.3) is 0 Å². The lowest BCUT2D eigenvalue weighted by Gasteiger charge is -2.18. The van der Waals surface area contributed by atoms with E-state index >= 15 is 0 Å². The van der Waals surface area contributed by atoms with Crippen molar-refractivity contribution in [2.24, 2.45) is 11.8 Å². The van der Waals surface area contributed by atoms with Gasteiger partial charge < -0.3 is 10.1 Å². The SMILES string of the molecule is COCCCC(CNCC(C)C)Cc1ccc(F)cc1. The van der Waals surface area contributed by atoms with Gasteiger partial charge in [0.05, 0.1) is 0 Å². The molecule has 0 heterocycles. The van der Waals surface area contributed by atoms with Crippen LogP contribution in [-0.2, 0) is 11.2 Å². The minimum Gasteiger partial charge on any atom is -0.385 e. The Labute approximate surface area is 122 Å². The lowest BCUT2D eigenvalue weighted by atomic mass is 9.94. The molecule has 1 N–H and O–H groups in total. The van der Waals surface area contributed by atoms with Gasteiger partial charge in [-0.3, -0.25) is 0 Å².